The van der Waals surface area contributed by atoms with Crippen molar-refractivity contribution in [3.63, 3.8) is 0 Å². The number of hydrogen-bond donors (Lipinski definition) is 0. The monoisotopic (exact) mass is 127 g/mol. The van der Waals surface area contributed by atoms with Crippen molar-refractivity contribution in [1.29, 1.82) is 0 Å². The maximum atomic E-state index is 9.75. The summed E-state index contributed by atoms with van der Waals surface area (Å²) in [6.45, 7) is 0. The molecule has 0 fully saturated rings. The minimum absolute atomic E-state index is 0. The van der Waals surface area contributed by atoms with Crippen LogP contribution in [0.5, 0.6) is 0 Å². The Hall–Kier alpha value is 1.42. The molecule has 0 bridgehead atoms. The van der Waals surface area contributed by atoms with Crippen LogP contribution in [0.3, 0.4) is 0 Å². The molecule has 0 radical (unpaired) electrons. The van der Waals surface area contributed by atoms with Gasteiger partial charge in [0.15, 0.2) is 0 Å². The molecule has 0 amide bonds. The molecular weight excluding hydrogens is 126 g/mol. The second kappa shape index (κ2) is 3.43. The van der Waals surface area contributed by atoms with E-state index in [0.29, 0.717) is 0 Å². The van der Waals surface area contributed by atoms with Gasteiger partial charge in [0.2, 0.25) is 0 Å². The van der Waals surface area contributed by atoms with Crippen molar-refractivity contribution in [2.24, 2.45) is 0 Å². The van der Waals surface area contributed by atoms with E-state index in [1.807, 2.05) is 0 Å². The first-order valence-corrected chi connectivity index (χ1v) is 0.873. The van der Waals surface area contributed by atoms with E-state index in [-0.39, 0.29) is 52.8 Å². The molecule has 0 saturated carbocycles. The van der Waals surface area contributed by atoms with Crippen molar-refractivity contribution in [3.05, 3.63) is 0 Å². The van der Waals surface area contributed by atoms with Gasteiger partial charge in [-0.05, 0) is 0 Å². The second-order valence-electron chi connectivity index (χ2n) is 0.495. The third kappa shape index (κ3) is 52.5. The van der Waals surface area contributed by atoms with E-state index in [0.717, 1.165) is 0 Å². The summed E-state index contributed by atoms with van der Waals surface area (Å²) in [7, 11) is -6.00. The van der Waals surface area contributed by atoms with Crippen molar-refractivity contribution < 1.29 is 70.1 Å². The van der Waals surface area contributed by atoms with E-state index >= 15 is 0 Å². The predicted molar refractivity (Wildman–Crippen MR) is 11.3 cm³/mol. The Morgan fingerprint density at radius 1 is 1.00 bits per heavy atom. The Bertz CT molecular complexity index is 27.2. The van der Waals surface area contributed by atoms with E-state index in [4.69, 9.17) is 0 Å². The normalized spacial score (nSPS) is 10.0. The molecule has 0 N–H and O–H groups in total. The van der Waals surface area contributed by atoms with Crippen LogP contribution in [0.25, 0.3) is 0 Å². The summed E-state index contributed by atoms with van der Waals surface area (Å²) in [5.74, 6) is 0. The maximum Gasteiger partial charge on any atom is 1.00 e. The third-order valence-electron chi connectivity index (χ3n) is 0. The largest absolute Gasteiger partial charge is 1.00 e. The van der Waals surface area contributed by atoms with Crippen LogP contribution in [-0.4, -0.2) is 7.25 Å². The van der Waals surface area contributed by atoms with Gasteiger partial charge in [0, 0.05) is 0 Å². The van der Waals surface area contributed by atoms with Crippen LogP contribution >= 0.6 is 0 Å². The molecule has 0 aromatic rings. The zero-order valence-corrected chi connectivity index (χ0v) is 6.21. The fourth-order valence-corrected chi connectivity index (χ4v) is 0. The zero-order valence-electron chi connectivity index (χ0n) is 4.09. The van der Waals surface area contributed by atoms with Crippen molar-refractivity contribution in [2.45, 2.75) is 0 Å². The summed E-state index contributed by atoms with van der Waals surface area (Å²) in [5, 5.41) is 0. The van der Waals surface area contributed by atoms with Crippen LogP contribution < -0.4 is 51.4 Å². The van der Waals surface area contributed by atoms with Gasteiger partial charge in [0.05, 0.1) is 0 Å². The average Bonchev–Trinajstić information content (AvgIpc) is 0.722. The third-order valence-corrected chi connectivity index (χ3v) is 0. The molecule has 0 saturated heterocycles. The van der Waals surface area contributed by atoms with Gasteiger partial charge in [-0.3, -0.25) is 0 Å². The van der Waals surface area contributed by atoms with Gasteiger partial charge < -0.3 is 18.7 Å². The Labute approximate surface area is 76.3 Å². The molecule has 0 unspecified atom stereocenters. The van der Waals surface area contributed by atoms with Gasteiger partial charge in [-0.2, -0.15) is 0 Å². The second-order valence-corrected chi connectivity index (χ2v) is 0.495. The molecule has 0 aliphatic rings. The molecule has 0 atom stereocenters. The first kappa shape index (κ1) is 10.4. The fourth-order valence-electron chi connectivity index (χ4n) is 0. The topological polar surface area (TPSA) is 0 Å². The molecule has 0 nitrogen and oxygen atoms in total. The van der Waals surface area contributed by atoms with Crippen LogP contribution in [0.15, 0.2) is 0 Å². The molecule has 0 heterocycles. The maximum absolute atomic E-state index is 9.75. The summed E-state index contributed by atoms with van der Waals surface area (Å²) in [6.07, 6.45) is 0. The van der Waals surface area contributed by atoms with Crippen LogP contribution in [0.2, 0.25) is 0 Å². The minimum atomic E-state index is -6.00. The molecule has 0 aliphatic heterocycles. The number of rotatable bonds is 0. The molecule has 34 valence electrons. The first-order valence-electron chi connectivity index (χ1n) is 0.873. The Kier molecular flexibility index (Phi) is 5.95. The van der Waals surface area contributed by atoms with Crippen molar-refractivity contribution in [1.82, 2.24) is 0 Å². The minimum Gasteiger partial charge on any atom is -1.00 e. The van der Waals surface area contributed by atoms with E-state index in [9.17, 15) is 17.3 Å². The van der Waals surface area contributed by atoms with Gasteiger partial charge in [0.25, 0.3) is 0 Å². The van der Waals surface area contributed by atoms with Crippen LogP contribution in [-0.2, 0) is 0 Å². The van der Waals surface area contributed by atoms with Gasteiger partial charge >= 0.3 is 58.6 Å². The van der Waals surface area contributed by atoms with Gasteiger partial charge in [-0.1, -0.05) is 0 Å². The predicted octanol–water partition coefficient (Wildman–Crippen LogP) is -1.58. The molecule has 0 aromatic carbocycles. The zero-order chi connectivity index (χ0) is 4.50. The Morgan fingerprint density at radius 2 is 1.00 bits per heavy atom. The van der Waals surface area contributed by atoms with Crippen molar-refractivity contribution in [2.75, 3.05) is 0 Å². The van der Waals surface area contributed by atoms with Gasteiger partial charge in [-0.15, -0.1) is 0 Å². The van der Waals surface area contributed by atoms with Crippen LogP contribution in [0, 0.1) is 0 Å². The summed E-state index contributed by atoms with van der Waals surface area (Å²) in [4.78, 5) is 0. The molecule has 0 spiro atoms. The average molecular weight is 127 g/mol. The van der Waals surface area contributed by atoms with E-state index in [2.05, 4.69) is 0 Å². The molecule has 0 aliphatic carbocycles. The van der Waals surface area contributed by atoms with Crippen LogP contribution in [0.4, 0.5) is 17.3 Å². The summed E-state index contributed by atoms with van der Waals surface area (Å²) < 4.78 is 39.0. The van der Waals surface area contributed by atoms with E-state index in [1.165, 1.54) is 0 Å². The fraction of sp³-hybridized carbons (Fsp3) is 0. The van der Waals surface area contributed by atoms with Gasteiger partial charge in [0.1, 0.15) is 0 Å². The Balaban J connectivity index is -0.0000000800. The summed E-state index contributed by atoms with van der Waals surface area (Å²) in [6, 6.07) is 0. The van der Waals surface area contributed by atoms with Crippen molar-refractivity contribution >= 4 is 7.25 Å². The summed E-state index contributed by atoms with van der Waals surface area (Å²) in [5.41, 5.74) is 0. The molecule has 0 rings (SSSR count). The standard InChI is InChI=1S/BF4.K.H/c2-1(3,4)5;;/q-1;+1;-1. The smallest absolute Gasteiger partial charge is 1.00 e. The van der Waals surface area contributed by atoms with E-state index < -0.39 is 7.25 Å². The number of halogens is 4. The summed E-state index contributed by atoms with van der Waals surface area (Å²) >= 11 is 0. The van der Waals surface area contributed by atoms with Crippen molar-refractivity contribution in [3.8, 4) is 0 Å². The van der Waals surface area contributed by atoms with Crippen LogP contribution in [0.1, 0.15) is 1.43 Å². The van der Waals surface area contributed by atoms with Gasteiger partial charge in [-0.25, -0.2) is 0 Å². The van der Waals surface area contributed by atoms with E-state index in [1.54, 1.807) is 0 Å². The molecule has 0 aromatic heterocycles. The molecule has 6 heteroatoms. The Morgan fingerprint density at radius 3 is 1.00 bits per heavy atom. The SMILES string of the molecule is F[B-](F)(F)F.[H-].[K+]. The number of hydrogen-bond acceptors (Lipinski definition) is 0. The molecular formula is HBF4K-. The first-order chi connectivity index (χ1) is 2.00. The quantitative estimate of drug-likeness (QED) is 0.272. The molecule has 6 heavy (non-hydrogen) atoms.